The summed E-state index contributed by atoms with van der Waals surface area (Å²) >= 11 is 1.39. The van der Waals surface area contributed by atoms with Gasteiger partial charge >= 0.3 is 0 Å². The molecule has 3 heterocycles. The van der Waals surface area contributed by atoms with E-state index in [1.807, 2.05) is 23.6 Å². The highest BCUT2D eigenvalue weighted by Crippen LogP contribution is 2.37. The van der Waals surface area contributed by atoms with Crippen LogP contribution in [0, 0.1) is 5.41 Å². The van der Waals surface area contributed by atoms with Gasteiger partial charge in [0.05, 0.1) is 11.1 Å². The monoisotopic (exact) mass is 397 g/mol. The molecular weight excluding hydrogens is 378 g/mol. The minimum Gasteiger partial charge on any atom is -0.454 e. The molecule has 3 N–H and O–H groups in total. The Labute approximate surface area is 161 Å². The molecule has 0 saturated carbocycles. The molecule has 26 heavy (non-hydrogen) atoms. The maximum Gasteiger partial charge on any atom is 0.233 e. The van der Waals surface area contributed by atoms with Crippen LogP contribution in [0.1, 0.15) is 12.8 Å². The van der Waals surface area contributed by atoms with Crippen molar-refractivity contribution >= 4 is 34.8 Å². The van der Waals surface area contributed by atoms with Gasteiger partial charge in [-0.2, -0.15) is 0 Å². The van der Waals surface area contributed by atoms with Gasteiger partial charge in [-0.05, 0) is 31.0 Å². The van der Waals surface area contributed by atoms with E-state index in [9.17, 15) is 4.79 Å². The molecule has 1 aromatic heterocycles. The lowest BCUT2D eigenvalue weighted by molar-refractivity contribution is -0.130. The maximum absolute atomic E-state index is 12.7. The second kappa shape index (κ2) is 7.79. The number of amides is 1. The Bertz CT molecular complexity index is 792. The van der Waals surface area contributed by atoms with Gasteiger partial charge < -0.3 is 25.3 Å². The zero-order chi connectivity index (χ0) is 17.3. The average Bonchev–Trinajstić information content (AvgIpc) is 3.30. The summed E-state index contributed by atoms with van der Waals surface area (Å²) in [6.07, 6.45) is 1.27. The molecule has 0 atom stereocenters. The van der Waals surface area contributed by atoms with Crippen molar-refractivity contribution in [2.45, 2.75) is 12.8 Å². The first kappa shape index (κ1) is 18.9. The molecule has 9 heteroatoms. The molecule has 4 rings (SSSR count). The Hall–Kier alpha value is -1.87. The van der Waals surface area contributed by atoms with Crippen molar-refractivity contribution in [1.82, 2.24) is 4.98 Å². The van der Waals surface area contributed by atoms with Gasteiger partial charge in [0.1, 0.15) is 0 Å². The van der Waals surface area contributed by atoms with Crippen LogP contribution in [0.4, 0.5) is 5.13 Å². The molecule has 2 aliphatic rings. The predicted octanol–water partition coefficient (Wildman–Crippen LogP) is 2.65. The van der Waals surface area contributed by atoms with Crippen molar-refractivity contribution in [3.8, 4) is 22.8 Å². The van der Waals surface area contributed by atoms with Crippen molar-refractivity contribution in [3.63, 3.8) is 0 Å². The molecule has 1 aromatic carbocycles. The van der Waals surface area contributed by atoms with Gasteiger partial charge in [0, 0.05) is 30.7 Å². The Kier molecular flexibility index (Phi) is 5.67. The summed E-state index contributed by atoms with van der Waals surface area (Å²) in [6.45, 7) is 1.67. The number of fused-ring (bicyclic) bond motifs is 1. The number of halogens is 1. The lowest BCUT2D eigenvalue weighted by Crippen LogP contribution is -2.46. The molecule has 1 saturated heterocycles. The SMILES string of the molecule is Cl.NCC1(C(=O)Nc2nc(-c3ccc4c(c3)OCO4)cs2)CCOCC1. The van der Waals surface area contributed by atoms with Gasteiger partial charge in [-0.3, -0.25) is 4.79 Å². The number of nitrogens with zero attached hydrogens (tertiary/aromatic N) is 1. The van der Waals surface area contributed by atoms with Crippen LogP contribution in [0.3, 0.4) is 0 Å². The topological polar surface area (TPSA) is 95.7 Å². The molecule has 0 unspecified atom stereocenters. The maximum atomic E-state index is 12.7. The summed E-state index contributed by atoms with van der Waals surface area (Å²) in [6, 6.07) is 5.68. The van der Waals surface area contributed by atoms with E-state index in [0.717, 1.165) is 17.0 Å². The lowest BCUT2D eigenvalue weighted by Gasteiger charge is -2.34. The summed E-state index contributed by atoms with van der Waals surface area (Å²) in [4.78, 5) is 17.2. The largest absolute Gasteiger partial charge is 0.454 e. The van der Waals surface area contributed by atoms with E-state index in [4.69, 9.17) is 19.9 Å². The minimum atomic E-state index is -0.567. The molecule has 2 aromatic rings. The highest BCUT2D eigenvalue weighted by atomic mass is 35.5. The standard InChI is InChI=1S/C17H19N3O4S.ClH/c18-9-17(3-5-22-6-4-17)15(21)20-16-19-12(8-25-16)11-1-2-13-14(7-11)24-10-23-13;/h1-2,7-8H,3-6,9-10,18H2,(H,19,20,21);1H. The van der Waals surface area contributed by atoms with Crippen LogP contribution in [0.25, 0.3) is 11.3 Å². The third-order valence-electron chi connectivity index (χ3n) is 4.72. The van der Waals surface area contributed by atoms with Crippen LogP contribution in [-0.4, -0.2) is 37.4 Å². The Morgan fingerprint density at radius 2 is 2.04 bits per heavy atom. The Morgan fingerprint density at radius 1 is 1.27 bits per heavy atom. The first-order valence-corrected chi connectivity index (χ1v) is 9.03. The number of hydrogen-bond donors (Lipinski definition) is 2. The molecule has 0 radical (unpaired) electrons. The Balaban J connectivity index is 0.00000196. The Morgan fingerprint density at radius 3 is 2.81 bits per heavy atom. The van der Waals surface area contributed by atoms with Crippen LogP contribution >= 0.6 is 23.7 Å². The van der Waals surface area contributed by atoms with Gasteiger partial charge in [-0.15, -0.1) is 23.7 Å². The molecule has 140 valence electrons. The summed E-state index contributed by atoms with van der Waals surface area (Å²) in [5.41, 5.74) is 7.02. The van der Waals surface area contributed by atoms with Crippen LogP contribution in [0.2, 0.25) is 0 Å². The van der Waals surface area contributed by atoms with Gasteiger partial charge in [0.25, 0.3) is 0 Å². The molecule has 0 bridgehead atoms. The highest BCUT2D eigenvalue weighted by molar-refractivity contribution is 7.14. The molecule has 7 nitrogen and oxygen atoms in total. The normalized spacial score (nSPS) is 17.4. The molecule has 1 fully saturated rings. The number of rotatable bonds is 4. The van der Waals surface area contributed by atoms with E-state index >= 15 is 0 Å². The summed E-state index contributed by atoms with van der Waals surface area (Å²) in [7, 11) is 0. The molecule has 0 spiro atoms. The second-order valence-corrected chi connectivity index (χ2v) is 7.01. The first-order valence-electron chi connectivity index (χ1n) is 8.15. The predicted molar refractivity (Wildman–Crippen MR) is 101 cm³/mol. The van der Waals surface area contributed by atoms with Gasteiger partial charge in [-0.25, -0.2) is 4.98 Å². The number of benzene rings is 1. The van der Waals surface area contributed by atoms with E-state index in [2.05, 4.69) is 10.3 Å². The van der Waals surface area contributed by atoms with Crippen LogP contribution < -0.4 is 20.5 Å². The van der Waals surface area contributed by atoms with E-state index in [-0.39, 0.29) is 25.1 Å². The fraction of sp³-hybridized carbons (Fsp3) is 0.412. The molecule has 1 amide bonds. The number of aromatic nitrogens is 1. The molecule has 0 aliphatic carbocycles. The molecule has 2 aliphatic heterocycles. The van der Waals surface area contributed by atoms with Crippen molar-refractivity contribution in [2.75, 3.05) is 31.9 Å². The van der Waals surface area contributed by atoms with Crippen molar-refractivity contribution in [3.05, 3.63) is 23.6 Å². The average molecular weight is 398 g/mol. The number of hydrogen-bond acceptors (Lipinski definition) is 7. The first-order chi connectivity index (χ1) is 12.2. The number of ether oxygens (including phenoxy) is 3. The highest BCUT2D eigenvalue weighted by Gasteiger charge is 2.39. The van der Waals surface area contributed by atoms with Gasteiger partial charge in [-0.1, -0.05) is 0 Å². The van der Waals surface area contributed by atoms with Crippen molar-refractivity contribution in [1.29, 1.82) is 0 Å². The van der Waals surface area contributed by atoms with Gasteiger partial charge in [0.15, 0.2) is 16.6 Å². The number of carbonyl (C=O) groups excluding carboxylic acids is 1. The van der Waals surface area contributed by atoms with Crippen LogP contribution in [0.15, 0.2) is 23.6 Å². The zero-order valence-electron chi connectivity index (χ0n) is 14.0. The van der Waals surface area contributed by atoms with Gasteiger partial charge in [0.2, 0.25) is 12.7 Å². The van der Waals surface area contributed by atoms with Crippen molar-refractivity contribution < 1.29 is 19.0 Å². The minimum absolute atomic E-state index is 0. The summed E-state index contributed by atoms with van der Waals surface area (Å²) in [5.74, 6) is 1.36. The third-order valence-corrected chi connectivity index (χ3v) is 5.47. The van der Waals surface area contributed by atoms with E-state index < -0.39 is 5.41 Å². The van der Waals surface area contributed by atoms with Crippen molar-refractivity contribution in [2.24, 2.45) is 11.1 Å². The zero-order valence-corrected chi connectivity index (χ0v) is 15.7. The number of carbonyl (C=O) groups is 1. The fourth-order valence-electron chi connectivity index (χ4n) is 3.04. The van der Waals surface area contributed by atoms with Crippen LogP contribution in [-0.2, 0) is 9.53 Å². The summed E-state index contributed by atoms with van der Waals surface area (Å²) < 4.78 is 16.1. The summed E-state index contributed by atoms with van der Waals surface area (Å²) in [5, 5.41) is 5.40. The van der Waals surface area contributed by atoms with E-state index in [0.29, 0.717) is 43.5 Å². The number of nitrogens with one attached hydrogen (secondary N) is 1. The smallest absolute Gasteiger partial charge is 0.233 e. The number of thiazole rings is 1. The second-order valence-electron chi connectivity index (χ2n) is 6.16. The van der Waals surface area contributed by atoms with E-state index in [1.165, 1.54) is 11.3 Å². The molecular formula is C17H20ClN3O4S. The lowest BCUT2D eigenvalue weighted by atomic mass is 9.79. The third kappa shape index (κ3) is 3.50. The quantitative estimate of drug-likeness (QED) is 0.823. The number of anilines is 1. The van der Waals surface area contributed by atoms with E-state index in [1.54, 1.807) is 0 Å². The number of nitrogens with two attached hydrogens (primary N) is 1. The van der Waals surface area contributed by atoms with Crippen LogP contribution in [0.5, 0.6) is 11.5 Å². The fourth-order valence-corrected chi connectivity index (χ4v) is 3.75.